The predicted octanol–water partition coefficient (Wildman–Crippen LogP) is 3.93. The Morgan fingerprint density at radius 1 is 0.972 bits per heavy atom. The molecule has 0 saturated carbocycles. The zero-order valence-corrected chi connectivity index (χ0v) is 19.5. The van der Waals surface area contributed by atoms with Crippen molar-refractivity contribution in [2.24, 2.45) is 5.10 Å². The fourth-order valence-electron chi connectivity index (χ4n) is 3.38. The highest BCUT2D eigenvalue weighted by Gasteiger charge is 2.30. The molecule has 190 valence electrons. The first-order valence-electron chi connectivity index (χ1n) is 10.9. The maximum Gasteiger partial charge on any atom is 0.416 e. The average Bonchev–Trinajstić information content (AvgIpc) is 2.88. The Balaban J connectivity index is 1.58. The van der Waals surface area contributed by atoms with Gasteiger partial charge in [-0.15, -0.1) is 0 Å². The van der Waals surface area contributed by atoms with Crippen LogP contribution in [0.1, 0.15) is 11.1 Å². The lowest BCUT2D eigenvalue weighted by Gasteiger charge is -2.27. The van der Waals surface area contributed by atoms with Gasteiger partial charge in [-0.3, -0.25) is 0 Å². The maximum absolute atomic E-state index is 13.1. The van der Waals surface area contributed by atoms with Crippen molar-refractivity contribution in [2.45, 2.75) is 6.18 Å². The van der Waals surface area contributed by atoms with Crippen LogP contribution < -0.4 is 25.1 Å². The van der Waals surface area contributed by atoms with Gasteiger partial charge in [0.1, 0.15) is 0 Å². The number of benzene rings is 2. The number of hydrazone groups is 1. The molecule has 2 aromatic carbocycles. The molecule has 2 N–H and O–H groups in total. The molecular formula is C23H24F3N7O3. The molecule has 0 amide bonds. The van der Waals surface area contributed by atoms with Gasteiger partial charge in [-0.25, -0.2) is 5.43 Å². The summed E-state index contributed by atoms with van der Waals surface area (Å²) in [5.41, 5.74) is 2.88. The number of hydrogen-bond acceptors (Lipinski definition) is 10. The van der Waals surface area contributed by atoms with Gasteiger partial charge in [0.05, 0.1) is 39.2 Å². The van der Waals surface area contributed by atoms with Gasteiger partial charge in [-0.05, 0) is 42.0 Å². The largest absolute Gasteiger partial charge is 0.493 e. The molecule has 13 heteroatoms. The van der Waals surface area contributed by atoms with Crippen molar-refractivity contribution in [3.05, 3.63) is 53.6 Å². The molecule has 0 unspecified atom stereocenters. The summed E-state index contributed by atoms with van der Waals surface area (Å²) in [5.74, 6) is 1.64. The molecule has 1 aliphatic rings. The van der Waals surface area contributed by atoms with Crippen LogP contribution in [0.25, 0.3) is 0 Å². The number of morpholine rings is 1. The number of nitrogens with one attached hydrogen (secondary N) is 2. The van der Waals surface area contributed by atoms with E-state index in [0.717, 1.165) is 17.7 Å². The highest BCUT2D eigenvalue weighted by Crippen LogP contribution is 2.31. The number of halogens is 3. The average molecular weight is 503 g/mol. The van der Waals surface area contributed by atoms with E-state index in [1.807, 2.05) is 4.90 Å². The Kier molecular flexibility index (Phi) is 7.68. The van der Waals surface area contributed by atoms with Crippen LogP contribution in [0.4, 0.5) is 36.7 Å². The van der Waals surface area contributed by atoms with Crippen molar-refractivity contribution in [3.8, 4) is 11.5 Å². The lowest BCUT2D eigenvalue weighted by molar-refractivity contribution is -0.137. The molecule has 1 saturated heterocycles. The Hall–Kier alpha value is -4.13. The number of aromatic nitrogens is 3. The van der Waals surface area contributed by atoms with Crippen molar-refractivity contribution in [3.63, 3.8) is 0 Å². The molecule has 0 bridgehead atoms. The van der Waals surface area contributed by atoms with Crippen molar-refractivity contribution in [2.75, 3.05) is 56.2 Å². The first-order valence-corrected chi connectivity index (χ1v) is 10.9. The van der Waals surface area contributed by atoms with Gasteiger partial charge >= 0.3 is 6.18 Å². The van der Waals surface area contributed by atoms with Gasteiger partial charge in [0, 0.05) is 18.8 Å². The van der Waals surface area contributed by atoms with Crippen molar-refractivity contribution >= 4 is 29.7 Å². The lowest BCUT2D eigenvalue weighted by Crippen LogP contribution is -2.37. The van der Waals surface area contributed by atoms with Gasteiger partial charge < -0.3 is 24.4 Å². The van der Waals surface area contributed by atoms with E-state index in [-0.39, 0.29) is 17.6 Å². The minimum atomic E-state index is -4.47. The van der Waals surface area contributed by atoms with E-state index in [1.54, 1.807) is 31.5 Å². The third-order valence-electron chi connectivity index (χ3n) is 5.15. The second-order valence-corrected chi connectivity index (χ2v) is 7.57. The number of alkyl halides is 3. The fourth-order valence-corrected chi connectivity index (χ4v) is 3.38. The number of ether oxygens (including phenoxy) is 3. The number of rotatable bonds is 8. The molecule has 0 radical (unpaired) electrons. The van der Waals surface area contributed by atoms with Crippen LogP contribution in [0.15, 0.2) is 47.6 Å². The number of methoxy groups -OCH3 is 2. The van der Waals surface area contributed by atoms with E-state index < -0.39 is 11.7 Å². The Morgan fingerprint density at radius 3 is 2.44 bits per heavy atom. The van der Waals surface area contributed by atoms with Gasteiger partial charge in [0.2, 0.25) is 17.8 Å². The molecule has 0 spiro atoms. The standard InChI is InChI=1S/C23H24F3N7O3/c1-34-18-7-6-15(12-19(18)35-2)14-27-32-21-29-20(30-22(31-21)33-8-10-36-11-9-33)28-17-5-3-4-16(13-17)23(24,25)26/h3-7,12-14H,8-11H2,1-2H3,(H2,28,29,30,31,32)/b27-14-. The molecule has 0 atom stereocenters. The molecule has 2 heterocycles. The summed E-state index contributed by atoms with van der Waals surface area (Å²) in [6.07, 6.45) is -2.93. The molecule has 0 aliphatic carbocycles. The quantitative estimate of drug-likeness (QED) is 0.349. The normalized spacial score (nSPS) is 14.1. The molecule has 1 aliphatic heterocycles. The summed E-state index contributed by atoms with van der Waals surface area (Å²) in [4.78, 5) is 15.0. The van der Waals surface area contributed by atoms with E-state index in [4.69, 9.17) is 14.2 Å². The minimum Gasteiger partial charge on any atom is -0.493 e. The topological polar surface area (TPSA) is 106 Å². The summed E-state index contributed by atoms with van der Waals surface area (Å²) in [7, 11) is 3.08. The van der Waals surface area contributed by atoms with Crippen LogP contribution in [-0.2, 0) is 10.9 Å². The molecule has 4 rings (SSSR count). The Labute approximate surface area is 205 Å². The Bertz CT molecular complexity index is 1220. The van der Waals surface area contributed by atoms with E-state index in [2.05, 4.69) is 30.8 Å². The van der Waals surface area contributed by atoms with Crippen molar-refractivity contribution < 1.29 is 27.4 Å². The van der Waals surface area contributed by atoms with Crippen LogP contribution in [-0.4, -0.2) is 61.7 Å². The van der Waals surface area contributed by atoms with Gasteiger partial charge in [0.25, 0.3) is 0 Å². The van der Waals surface area contributed by atoms with Gasteiger partial charge in [-0.1, -0.05) is 6.07 Å². The zero-order chi connectivity index (χ0) is 25.5. The molecule has 10 nitrogen and oxygen atoms in total. The zero-order valence-electron chi connectivity index (χ0n) is 19.5. The summed E-state index contributed by atoms with van der Waals surface area (Å²) in [6.45, 7) is 2.12. The molecule has 1 fully saturated rings. The lowest BCUT2D eigenvalue weighted by atomic mass is 10.2. The van der Waals surface area contributed by atoms with Gasteiger partial charge in [0.15, 0.2) is 11.5 Å². The van der Waals surface area contributed by atoms with E-state index in [9.17, 15) is 13.2 Å². The minimum absolute atomic E-state index is 0.0645. The number of hydrogen-bond donors (Lipinski definition) is 2. The van der Waals surface area contributed by atoms with E-state index in [0.29, 0.717) is 43.8 Å². The number of anilines is 4. The third-order valence-corrected chi connectivity index (χ3v) is 5.15. The molecule has 3 aromatic rings. The van der Waals surface area contributed by atoms with Crippen molar-refractivity contribution in [1.82, 2.24) is 15.0 Å². The van der Waals surface area contributed by atoms with E-state index in [1.165, 1.54) is 19.2 Å². The van der Waals surface area contributed by atoms with Crippen LogP contribution in [0.3, 0.4) is 0 Å². The van der Waals surface area contributed by atoms with E-state index >= 15 is 0 Å². The summed E-state index contributed by atoms with van der Waals surface area (Å²) < 4.78 is 55.3. The summed E-state index contributed by atoms with van der Waals surface area (Å²) >= 11 is 0. The smallest absolute Gasteiger partial charge is 0.416 e. The summed E-state index contributed by atoms with van der Waals surface area (Å²) in [6, 6.07) is 10.1. The summed E-state index contributed by atoms with van der Waals surface area (Å²) in [5, 5.41) is 7.01. The predicted molar refractivity (Wildman–Crippen MR) is 128 cm³/mol. The second kappa shape index (κ2) is 11.1. The molecular weight excluding hydrogens is 479 g/mol. The monoisotopic (exact) mass is 503 g/mol. The molecule has 36 heavy (non-hydrogen) atoms. The second-order valence-electron chi connectivity index (χ2n) is 7.57. The fraction of sp³-hybridized carbons (Fsp3) is 0.304. The third kappa shape index (κ3) is 6.30. The van der Waals surface area contributed by atoms with Crippen LogP contribution in [0.5, 0.6) is 11.5 Å². The highest BCUT2D eigenvalue weighted by molar-refractivity contribution is 5.81. The Morgan fingerprint density at radius 2 is 1.72 bits per heavy atom. The van der Waals surface area contributed by atoms with Crippen LogP contribution in [0, 0.1) is 0 Å². The van der Waals surface area contributed by atoms with Gasteiger partial charge in [-0.2, -0.15) is 33.2 Å². The van der Waals surface area contributed by atoms with Crippen LogP contribution in [0.2, 0.25) is 0 Å². The molecule has 1 aromatic heterocycles. The van der Waals surface area contributed by atoms with Crippen molar-refractivity contribution in [1.29, 1.82) is 0 Å². The first-order chi connectivity index (χ1) is 17.4. The van der Waals surface area contributed by atoms with Crippen LogP contribution >= 0.6 is 0 Å². The first kappa shape index (κ1) is 25.0. The SMILES string of the molecule is COc1ccc(/C=N\Nc2nc(Nc3cccc(C(F)(F)F)c3)nc(N3CCOCC3)n2)cc1OC. The number of nitrogens with zero attached hydrogens (tertiary/aromatic N) is 5. The highest BCUT2D eigenvalue weighted by atomic mass is 19.4. The maximum atomic E-state index is 13.1.